The van der Waals surface area contributed by atoms with Gasteiger partial charge in [-0.3, -0.25) is 14.5 Å². The highest BCUT2D eigenvalue weighted by molar-refractivity contribution is 5.84. The maximum Gasteiger partial charge on any atom is 0.252 e. The first-order valence-corrected chi connectivity index (χ1v) is 19.6. The quantitative estimate of drug-likeness (QED) is 0.164. The van der Waals surface area contributed by atoms with Gasteiger partial charge in [0.05, 0.1) is 35.9 Å². The van der Waals surface area contributed by atoms with Crippen LogP contribution in [0, 0.1) is 0 Å². The zero-order chi connectivity index (χ0) is 36.4. The summed E-state index contributed by atoms with van der Waals surface area (Å²) in [4.78, 5) is 50.4. The smallest absolute Gasteiger partial charge is 0.252 e. The average molecular weight is 725 g/mol. The fourth-order valence-corrected chi connectivity index (χ4v) is 8.82. The van der Waals surface area contributed by atoms with Crippen LogP contribution in [0.2, 0.25) is 0 Å². The van der Waals surface area contributed by atoms with Gasteiger partial charge in [-0.15, -0.1) is 0 Å². The first kappa shape index (κ1) is 34.7. The number of ether oxygens (including phenoxy) is 1. The number of hydrogen-bond donors (Lipinski definition) is 3. The highest BCUT2D eigenvalue weighted by Crippen LogP contribution is 2.37. The number of imidazole rings is 2. The van der Waals surface area contributed by atoms with Crippen LogP contribution in [0.5, 0.6) is 0 Å². The molecule has 4 fully saturated rings. The molecule has 4 atom stereocenters. The molecule has 2 aromatic heterocycles. The van der Waals surface area contributed by atoms with Crippen molar-refractivity contribution in [3.8, 4) is 33.6 Å². The van der Waals surface area contributed by atoms with Gasteiger partial charge in [-0.25, -0.2) is 9.97 Å². The molecule has 1 unspecified atom stereocenters. The minimum Gasteiger partial charge on any atom is -0.368 e. The van der Waals surface area contributed by atoms with E-state index < -0.39 is 0 Å². The van der Waals surface area contributed by atoms with Crippen LogP contribution in [0.25, 0.3) is 33.6 Å². The monoisotopic (exact) mass is 724 g/mol. The second-order valence-corrected chi connectivity index (χ2v) is 15.0. The fourth-order valence-electron chi connectivity index (χ4n) is 8.82. The molecule has 0 radical (unpaired) electrons. The molecular formula is C43H48N8O3. The maximum atomic E-state index is 14.3. The first-order chi connectivity index (χ1) is 26.6. The Bertz CT molecular complexity index is 2050. The van der Waals surface area contributed by atoms with Gasteiger partial charge in [0.25, 0.3) is 5.91 Å². The molecule has 3 N–H and O–H groups in total. The van der Waals surface area contributed by atoms with Crippen molar-refractivity contribution in [1.82, 2.24) is 40.0 Å². The van der Waals surface area contributed by atoms with Crippen LogP contribution in [0.4, 0.5) is 0 Å². The summed E-state index contributed by atoms with van der Waals surface area (Å²) in [5.41, 5.74) is 7.29. The number of aromatic nitrogens is 4. The number of rotatable bonds is 9. The summed E-state index contributed by atoms with van der Waals surface area (Å²) in [6.45, 7) is 5.63. The van der Waals surface area contributed by atoms with E-state index in [0.717, 1.165) is 129 Å². The van der Waals surface area contributed by atoms with E-state index in [1.165, 1.54) is 0 Å². The number of nitrogens with zero attached hydrogens (tertiary/aromatic N) is 5. The third kappa shape index (κ3) is 6.87. The van der Waals surface area contributed by atoms with Crippen molar-refractivity contribution in [2.45, 2.75) is 62.8 Å². The summed E-state index contributed by atoms with van der Waals surface area (Å²) in [6, 6.07) is 26.9. The van der Waals surface area contributed by atoms with Crippen LogP contribution in [0.1, 0.15) is 73.9 Å². The van der Waals surface area contributed by atoms with E-state index in [1.807, 2.05) is 35.5 Å². The lowest BCUT2D eigenvalue weighted by Crippen LogP contribution is -2.50. The number of H-pyrrole nitrogens is 2. The molecular weight excluding hydrogens is 677 g/mol. The van der Waals surface area contributed by atoms with Gasteiger partial charge in [0, 0.05) is 45.9 Å². The lowest BCUT2D eigenvalue weighted by atomic mass is 10.0. The number of piperazine rings is 1. The van der Waals surface area contributed by atoms with E-state index in [-0.39, 0.29) is 36.0 Å². The van der Waals surface area contributed by atoms with E-state index in [4.69, 9.17) is 14.7 Å². The molecule has 54 heavy (non-hydrogen) atoms. The normalized spacial score (nSPS) is 22.6. The molecule has 0 saturated carbocycles. The summed E-state index contributed by atoms with van der Waals surface area (Å²) in [5, 5.41) is 3.43. The Hall–Kier alpha value is -5.10. The fraction of sp³-hybridized carbons (Fsp3) is 0.395. The van der Waals surface area contributed by atoms with E-state index in [1.54, 1.807) is 0 Å². The molecule has 11 heteroatoms. The summed E-state index contributed by atoms with van der Waals surface area (Å²) in [7, 11) is 0. The lowest BCUT2D eigenvalue weighted by molar-refractivity contribution is -0.142. The molecule has 4 aliphatic heterocycles. The summed E-state index contributed by atoms with van der Waals surface area (Å²) in [5.74, 6) is 1.95. The van der Waals surface area contributed by atoms with Gasteiger partial charge in [-0.05, 0) is 66.3 Å². The molecule has 6 heterocycles. The number of carbonyl (C=O) groups excluding carboxylic acids is 2. The molecule has 4 aliphatic rings. The van der Waals surface area contributed by atoms with Gasteiger partial charge in [0.15, 0.2) is 0 Å². The second-order valence-electron chi connectivity index (χ2n) is 15.0. The van der Waals surface area contributed by atoms with Crippen molar-refractivity contribution < 1.29 is 14.3 Å². The van der Waals surface area contributed by atoms with Crippen LogP contribution < -0.4 is 5.32 Å². The van der Waals surface area contributed by atoms with Crippen LogP contribution in [-0.2, 0) is 14.3 Å². The topological polar surface area (TPSA) is 122 Å². The van der Waals surface area contributed by atoms with Gasteiger partial charge < -0.3 is 29.8 Å². The predicted molar refractivity (Wildman–Crippen MR) is 207 cm³/mol. The zero-order valence-corrected chi connectivity index (χ0v) is 30.6. The number of hydrogen-bond acceptors (Lipinski definition) is 7. The van der Waals surface area contributed by atoms with Crippen molar-refractivity contribution in [2.75, 3.05) is 45.9 Å². The third-order valence-corrected chi connectivity index (χ3v) is 11.7. The number of aromatic amines is 2. The highest BCUT2D eigenvalue weighted by Gasteiger charge is 2.39. The SMILES string of the molecule is O=C(C(c1ccccc1)N1CCNCC1)N1CCC[C@H]1c1ncc(-c2ccc(-c3ccc(-c4cnc([C@@H]5CCCN5C(=O)[C@H]5CCCO5)[nH]4)cc3)cc2)[nH]1. The van der Waals surface area contributed by atoms with Crippen molar-refractivity contribution >= 4 is 11.8 Å². The molecule has 9 rings (SSSR count). The van der Waals surface area contributed by atoms with Gasteiger partial charge in [0.1, 0.15) is 23.8 Å². The second kappa shape index (κ2) is 15.3. The zero-order valence-electron chi connectivity index (χ0n) is 30.6. The molecule has 3 aromatic carbocycles. The van der Waals surface area contributed by atoms with Gasteiger partial charge in [-0.2, -0.15) is 0 Å². The number of likely N-dealkylation sites (tertiary alicyclic amines) is 2. The van der Waals surface area contributed by atoms with Crippen molar-refractivity contribution in [3.05, 3.63) is 108 Å². The van der Waals surface area contributed by atoms with E-state index in [0.29, 0.717) is 6.61 Å². The predicted octanol–water partition coefficient (Wildman–Crippen LogP) is 6.29. The highest BCUT2D eigenvalue weighted by atomic mass is 16.5. The number of benzene rings is 3. The van der Waals surface area contributed by atoms with Crippen molar-refractivity contribution in [3.63, 3.8) is 0 Å². The van der Waals surface area contributed by atoms with Gasteiger partial charge in [0.2, 0.25) is 5.91 Å². The van der Waals surface area contributed by atoms with Gasteiger partial charge >= 0.3 is 0 Å². The number of carbonyl (C=O) groups is 2. The summed E-state index contributed by atoms with van der Waals surface area (Å²) >= 11 is 0. The molecule has 0 spiro atoms. The average Bonchev–Trinajstić information content (AvgIpc) is 4.08. The lowest BCUT2D eigenvalue weighted by Gasteiger charge is -2.37. The van der Waals surface area contributed by atoms with Crippen molar-refractivity contribution in [1.29, 1.82) is 0 Å². The Balaban J connectivity index is 0.865. The Morgan fingerprint density at radius 2 is 1.20 bits per heavy atom. The van der Waals surface area contributed by atoms with E-state index in [2.05, 4.69) is 85.7 Å². The summed E-state index contributed by atoms with van der Waals surface area (Å²) in [6.07, 6.45) is 8.95. The molecule has 0 aliphatic carbocycles. The molecule has 5 aromatic rings. The van der Waals surface area contributed by atoms with E-state index >= 15 is 0 Å². The molecule has 11 nitrogen and oxygen atoms in total. The minimum absolute atomic E-state index is 0.0341. The first-order valence-electron chi connectivity index (χ1n) is 19.6. The van der Waals surface area contributed by atoms with Crippen LogP contribution in [-0.4, -0.2) is 98.4 Å². The van der Waals surface area contributed by atoms with E-state index in [9.17, 15) is 9.59 Å². The standard InChI is InChI=1S/C43H48N8O3/c52-42(38-11-6-26-54-38)50-22-4-9-36(50)40-45-27-34(47-40)31-16-12-29(13-17-31)30-14-18-32(19-15-30)35-28-46-41(48-35)37-10-5-23-51(37)43(53)39(33-7-2-1-3-8-33)49-24-20-44-21-25-49/h1-3,7-8,12-19,27-28,36-39,44H,4-6,9-11,20-26H2,(H,45,47)(H,46,48)/t36-,37-,38+,39?/m0/s1. The molecule has 4 saturated heterocycles. The van der Waals surface area contributed by atoms with Crippen LogP contribution in [0.3, 0.4) is 0 Å². The third-order valence-electron chi connectivity index (χ3n) is 11.7. The Labute approximate surface area is 316 Å². The van der Waals surface area contributed by atoms with Crippen molar-refractivity contribution in [2.24, 2.45) is 0 Å². The summed E-state index contributed by atoms with van der Waals surface area (Å²) < 4.78 is 5.69. The Morgan fingerprint density at radius 3 is 1.78 bits per heavy atom. The molecule has 278 valence electrons. The maximum absolute atomic E-state index is 14.3. The largest absolute Gasteiger partial charge is 0.368 e. The Kier molecular flexibility index (Phi) is 9.84. The van der Waals surface area contributed by atoms with Crippen LogP contribution in [0.15, 0.2) is 91.3 Å². The Morgan fingerprint density at radius 1 is 0.648 bits per heavy atom. The minimum atomic E-state index is -0.306. The van der Waals surface area contributed by atoms with Gasteiger partial charge in [-0.1, -0.05) is 78.9 Å². The molecule has 2 amide bonds. The number of amides is 2. The molecule has 0 bridgehead atoms. The number of nitrogens with one attached hydrogen (secondary N) is 3. The van der Waals surface area contributed by atoms with Crippen LogP contribution >= 0.6 is 0 Å².